The van der Waals surface area contributed by atoms with E-state index in [1.165, 1.54) is 135 Å². The Bertz CT molecular complexity index is 9860. The van der Waals surface area contributed by atoms with Gasteiger partial charge in [0.15, 0.2) is 17.5 Å². The van der Waals surface area contributed by atoms with Gasteiger partial charge in [0.2, 0.25) is 0 Å². The maximum absolute atomic E-state index is 5.71. The molecule has 684 valence electrons. The predicted octanol–water partition coefficient (Wildman–Crippen LogP) is 38.2. The van der Waals surface area contributed by atoms with Crippen LogP contribution in [0, 0.1) is 0 Å². The summed E-state index contributed by atoms with van der Waals surface area (Å²) in [5.74, 6) is 1.90. The number of aromatic nitrogens is 6. The van der Waals surface area contributed by atoms with Crippen LogP contribution >= 0.6 is 0 Å². The van der Waals surface area contributed by atoms with Crippen molar-refractivity contribution in [3.8, 4) is 135 Å². The van der Waals surface area contributed by atoms with E-state index in [4.69, 9.17) is 29.9 Å². The van der Waals surface area contributed by atoms with E-state index >= 15 is 0 Å². The molecule has 0 fully saturated rings. The van der Waals surface area contributed by atoms with Gasteiger partial charge in [0.25, 0.3) is 0 Å². The lowest BCUT2D eigenvalue weighted by Crippen LogP contribution is -2.00. The Morgan fingerprint density at radius 2 is 0.284 bits per heavy atom. The average Bonchev–Trinajstić information content (AvgIpc) is 0.724. The van der Waals surface area contributed by atoms with Gasteiger partial charge in [-0.25, -0.2) is 29.9 Å². The molecule has 0 atom stereocenters. The molecular formula is C142H86N6. The third-order valence-electron chi connectivity index (χ3n) is 30.5. The molecule has 30 rings (SSSR count). The Morgan fingerprint density at radius 1 is 0.0878 bits per heavy atom. The van der Waals surface area contributed by atoms with E-state index in [2.05, 4.69) is 461 Å². The molecule has 6 nitrogen and oxygen atoms in total. The number of hydrogen-bond acceptors (Lipinski definition) is 6. The number of hydrogen-bond donors (Lipinski definition) is 0. The first kappa shape index (κ1) is 85.1. The summed E-state index contributed by atoms with van der Waals surface area (Å²) in [5, 5.41) is 36.7. The minimum Gasteiger partial charge on any atom is -0.248 e. The van der Waals surface area contributed by atoms with Gasteiger partial charge in [-0.05, 0) is 256 Å². The van der Waals surface area contributed by atoms with E-state index < -0.39 is 0 Å². The van der Waals surface area contributed by atoms with Crippen LogP contribution in [0.2, 0.25) is 0 Å². The molecule has 0 aliphatic rings. The van der Waals surface area contributed by atoms with Gasteiger partial charge in [0.05, 0.1) is 33.8 Å². The Hall–Kier alpha value is -19.7. The molecule has 0 aliphatic carbocycles. The van der Waals surface area contributed by atoms with Crippen molar-refractivity contribution >= 4 is 173 Å². The third-order valence-corrected chi connectivity index (χ3v) is 30.5. The monoisotopic (exact) mass is 1870 g/mol. The summed E-state index contributed by atoms with van der Waals surface area (Å²) in [5.41, 5.74) is 24.2. The molecule has 6 heteroatoms. The lowest BCUT2D eigenvalue weighted by atomic mass is 9.88. The van der Waals surface area contributed by atoms with Crippen molar-refractivity contribution in [2.75, 3.05) is 0 Å². The number of pyridine rings is 3. The fraction of sp³-hybridized carbons (Fsp3) is 0. The van der Waals surface area contributed by atoms with E-state index in [-0.39, 0.29) is 0 Å². The predicted molar refractivity (Wildman–Crippen MR) is 625 cm³/mol. The highest BCUT2D eigenvalue weighted by molar-refractivity contribution is 6.31. The van der Waals surface area contributed by atoms with Crippen molar-refractivity contribution in [1.29, 1.82) is 0 Å². The van der Waals surface area contributed by atoms with Crippen molar-refractivity contribution in [3.05, 3.63) is 522 Å². The Balaban J connectivity index is 0.000000140. The molecule has 0 N–H and O–H groups in total. The number of rotatable bonds is 12. The zero-order valence-electron chi connectivity index (χ0n) is 80.3. The molecule has 0 saturated carbocycles. The Labute approximate surface area is 852 Å². The van der Waals surface area contributed by atoms with E-state index in [9.17, 15) is 0 Å². The number of benzene rings is 26. The van der Waals surface area contributed by atoms with Crippen LogP contribution in [0.25, 0.3) is 307 Å². The molecule has 26 aromatic carbocycles. The van der Waals surface area contributed by atoms with Crippen molar-refractivity contribution in [1.82, 2.24) is 29.9 Å². The van der Waals surface area contributed by atoms with E-state index in [0.717, 1.165) is 155 Å². The minimum absolute atomic E-state index is 0.623. The highest BCUT2D eigenvalue weighted by Gasteiger charge is 2.25. The van der Waals surface area contributed by atoms with Crippen LogP contribution in [0.15, 0.2) is 522 Å². The zero-order valence-corrected chi connectivity index (χ0v) is 80.3. The molecule has 0 aliphatic heterocycles. The number of nitrogens with zero attached hydrogens (tertiary/aromatic N) is 6. The van der Waals surface area contributed by atoms with Gasteiger partial charge in [-0.2, -0.15) is 0 Å². The Kier molecular flexibility index (Phi) is 20.2. The van der Waals surface area contributed by atoms with E-state index in [0.29, 0.717) is 17.5 Å². The van der Waals surface area contributed by atoms with Crippen molar-refractivity contribution in [3.63, 3.8) is 0 Å². The van der Waals surface area contributed by atoms with Crippen molar-refractivity contribution < 1.29 is 0 Å². The molecule has 0 bridgehead atoms. The fourth-order valence-corrected chi connectivity index (χ4v) is 23.4. The quantitative estimate of drug-likeness (QED) is 0.113. The molecule has 0 unspecified atom stereocenters. The SMILES string of the molecule is c1ccc(-c2cc(-c3ccc(-c4cc5c(-c6ccc7c8ccccc8c8ccccc8c7c6)cc(-c6ccc7c8ccccc8c8ccccc8c7c6)nc5c5ccccc45)cc3)cc(-c3ccccc3)n2)cc1.c1ccc(-c2nc(-c3ccccc3)nc(-c3ccc(-c4cc5c(-c6ccc7c8ccccc8c8ccccc8c7c6)cc(-c6ccc7c8ccccc8c8ccccc8c7c6)nc5c5ccccc45)cc3)n2)cc1. The lowest BCUT2D eigenvalue weighted by Gasteiger charge is -2.17. The summed E-state index contributed by atoms with van der Waals surface area (Å²) in [4.78, 5) is 31.6. The minimum atomic E-state index is 0.623. The standard InChI is InChI=1S/C72H44N2.C70H42N4/c1-3-17-47(18-4-1)69-41-51(42-70(73-69)48-19-5-2-6-20-48)45-31-33-46(34-32-45)64-43-68-65(49-35-37-61-56-25-9-7-21-52(56)54-23-11-13-27-58(54)66(61)39-49)44-71(74-72(68)63-30-16-15-29-60(63)64)50-36-38-62-57-26-10-8-22-53(57)55-24-12-14-28-59(55)67(62)40-50;1-3-17-44(18-4-1)68-72-69(45-19-5-2-6-20-45)74-70(73-68)46-33-31-43(32-34-46)61-41-65-62(47-35-37-58-53-25-9-7-21-49(53)51-23-11-13-27-55(51)63(58)39-47)42-66(71-67(65)60-30-16-15-29-57(60)61)48-36-38-59-54-26-10-8-22-50(54)52-24-12-14-28-56(52)64(59)40-48/h1-44H;1-42H. The molecule has 30 aromatic rings. The van der Waals surface area contributed by atoms with Gasteiger partial charge in [-0.3, -0.25) is 0 Å². The number of fused-ring (bicyclic) bond motifs is 30. The first-order valence-corrected chi connectivity index (χ1v) is 50.7. The second-order valence-corrected chi connectivity index (χ2v) is 38.8. The van der Waals surface area contributed by atoms with E-state index in [1.54, 1.807) is 0 Å². The van der Waals surface area contributed by atoms with Gasteiger partial charge in [-0.15, -0.1) is 0 Å². The van der Waals surface area contributed by atoms with Crippen LogP contribution in [0.5, 0.6) is 0 Å². The maximum atomic E-state index is 5.71. The van der Waals surface area contributed by atoms with Gasteiger partial charge in [-0.1, -0.05) is 461 Å². The van der Waals surface area contributed by atoms with Crippen LogP contribution in [-0.2, 0) is 0 Å². The van der Waals surface area contributed by atoms with Crippen LogP contribution < -0.4 is 0 Å². The summed E-state index contributed by atoms with van der Waals surface area (Å²) in [6.07, 6.45) is 0. The molecule has 0 spiro atoms. The van der Waals surface area contributed by atoms with Gasteiger partial charge >= 0.3 is 0 Å². The largest absolute Gasteiger partial charge is 0.248 e. The smallest absolute Gasteiger partial charge is 0.164 e. The van der Waals surface area contributed by atoms with Crippen molar-refractivity contribution in [2.24, 2.45) is 0 Å². The summed E-state index contributed by atoms with van der Waals surface area (Å²) >= 11 is 0. The maximum Gasteiger partial charge on any atom is 0.164 e. The zero-order chi connectivity index (χ0) is 97.4. The van der Waals surface area contributed by atoms with Gasteiger partial charge in [0, 0.05) is 60.5 Å². The van der Waals surface area contributed by atoms with Crippen molar-refractivity contribution in [2.45, 2.75) is 0 Å². The van der Waals surface area contributed by atoms with Crippen LogP contribution in [-0.4, -0.2) is 29.9 Å². The molecular weight excluding hydrogens is 1790 g/mol. The second-order valence-electron chi connectivity index (χ2n) is 38.8. The summed E-state index contributed by atoms with van der Waals surface area (Å²) in [7, 11) is 0. The van der Waals surface area contributed by atoms with Gasteiger partial charge in [0.1, 0.15) is 0 Å². The fourth-order valence-electron chi connectivity index (χ4n) is 23.4. The van der Waals surface area contributed by atoms with Crippen LogP contribution in [0.3, 0.4) is 0 Å². The molecule has 0 saturated heterocycles. The topological polar surface area (TPSA) is 77.3 Å². The molecule has 4 heterocycles. The summed E-state index contributed by atoms with van der Waals surface area (Å²) in [6.45, 7) is 0. The first-order chi connectivity index (χ1) is 73.4. The summed E-state index contributed by atoms with van der Waals surface area (Å²) in [6, 6.07) is 189. The van der Waals surface area contributed by atoms with Crippen LogP contribution in [0.1, 0.15) is 0 Å². The normalized spacial score (nSPS) is 11.8. The van der Waals surface area contributed by atoms with Gasteiger partial charge < -0.3 is 0 Å². The first-order valence-electron chi connectivity index (χ1n) is 50.7. The molecule has 4 aromatic heterocycles. The molecule has 0 amide bonds. The Morgan fingerprint density at radius 3 is 0.574 bits per heavy atom. The average molecular weight is 1880 g/mol. The van der Waals surface area contributed by atoms with E-state index in [1.807, 2.05) is 60.7 Å². The molecule has 148 heavy (non-hydrogen) atoms. The highest BCUT2D eigenvalue weighted by atomic mass is 15.0. The second kappa shape index (κ2) is 35.2. The highest BCUT2D eigenvalue weighted by Crippen LogP contribution is 2.50. The van der Waals surface area contributed by atoms with Crippen LogP contribution in [0.4, 0.5) is 0 Å². The summed E-state index contributed by atoms with van der Waals surface area (Å²) < 4.78 is 0. The third kappa shape index (κ3) is 14.5. The lowest BCUT2D eigenvalue weighted by molar-refractivity contribution is 1.07. The molecule has 0 radical (unpaired) electrons.